The van der Waals surface area contributed by atoms with Gasteiger partial charge in [0.15, 0.2) is 5.13 Å². The number of nitrogens with two attached hydrogens (primary N) is 1. The number of nitrogens with one attached hydrogen (secondary N) is 1. The maximum Gasteiger partial charge on any atom is 0.327 e. The summed E-state index contributed by atoms with van der Waals surface area (Å²) in [5.74, 6) is -0.837. The van der Waals surface area contributed by atoms with Crippen LogP contribution in [0.4, 0.5) is 5.13 Å². The maximum atomic E-state index is 13.4. The maximum absolute atomic E-state index is 13.4. The number of β-lactam (4-membered cyclic amide) rings is 1. The number of anilines is 1. The molecule has 1 aromatic rings. The summed E-state index contributed by atoms with van der Waals surface area (Å²) in [5.41, 5.74) is 6.83. The number of aromatic nitrogens is 1. The molecule has 0 spiro atoms. The highest BCUT2D eigenvalue weighted by atomic mass is 32.2. The summed E-state index contributed by atoms with van der Waals surface area (Å²) in [7, 11) is 0. The van der Waals surface area contributed by atoms with E-state index in [1.165, 1.54) is 47.3 Å². The van der Waals surface area contributed by atoms with Crippen molar-refractivity contribution in [2.24, 2.45) is 17.3 Å². The Bertz CT molecular complexity index is 965. The van der Waals surface area contributed by atoms with Gasteiger partial charge in [-0.15, -0.1) is 23.1 Å². The molecule has 4 aliphatic rings. The van der Waals surface area contributed by atoms with Gasteiger partial charge in [0, 0.05) is 10.1 Å². The molecule has 31 heavy (non-hydrogen) atoms. The van der Waals surface area contributed by atoms with Crippen LogP contribution in [0.3, 0.4) is 0 Å². The molecule has 2 aliphatic carbocycles. The van der Waals surface area contributed by atoms with Crippen LogP contribution in [-0.2, 0) is 14.4 Å². The van der Waals surface area contributed by atoms with E-state index in [1.807, 2.05) is 19.2 Å². The number of thiazole rings is 1. The molecule has 4 unspecified atom stereocenters. The number of fused-ring (bicyclic) bond motifs is 2. The average molecular weight is 465 g/mol. The zero-order valence-corrected chi connectivity index (χ0v) is 19.5. The topological polar surface area (TPSA) is 126 Å². The van der Waals surface area contributed by atoms with Gasteiger partial charge in [0.25, 0.3) is 0 Å². The lowest BCUT2D eigenvalue weighted by atomic mass is 9.90. The van der Waals surface area contributed by atoms with E-state index in [4.69, 9.17) is 5.73 Å². The first-order valence-electron chi connectivity index (χ1n) is 10.8. The van der Waals surface area contributed by atoms with Gasteiger partial charge in [-0.25, -0.2) is 9.78 Å². The van der Waals surface area contributed by atoms with Gasteiger partial charge in [0.05, 0.1) is 11.6 Å². The quantitative estimate of drug-likeness (QED) is 0.551. The molecule has 2 saturated carbocycles. The predicted molar refractivity (Wildman–Crippen MR) is 118 cm³/mol. The lowest BCUT2D eigenvalue weighted by molar-refractivity contribution is -0.161. The van der Waals surface area contributed by atoms with Crippen molar-refractivity contribution in [3.8, 4) is 0 Å². The number of carboxylic acids is 1. The molecule has 2 saturated heterocycles. The number of aliphatic carboxylic acids is 1. The average Bonchev–Trinajstić information content (AvgIpc) is 3.10. The van der Waals surface area contributed by atoms with E-state index in [2.05, 4.69) is 17.2 Å². The summed E-state index contributed by atoms with van der Waals surface area (Å²) < 4.78 is -0.617. The molecule has 0 radical (unpaired) electrons. The molecule has 3 heterocycles. The van der Waals surface area contributed by atoms with Crippen LogP contribution in [-0.4, -0.2) is 55.0 Å². The summed E-state index contributed by atoms with van der Waals surface area (Å²) in [6.07, 6.45) is 4.39. The van der Waals surface area contributed by atoms with Crippen molar-refractivity contribution in [2.45, 2.75) is 74.6 Å². The minimum atomic E-state index is -1.01. The number of nitrogen functional groups attached to an aromatic ring is 1. The Labute approximate surface area is 189 Å². The van der Waals surface area contributed by atoms with Crippen molar-refractivity contribution in [3.05, 3.63) is 11.1 Å². The van der Waals surface area contributed by atoms with Crippen molar-refractivity contribution in [1.82, 2.24) is 15.2 Å². The molecule has 5 rings (SSSR count). The second-order valence-electron chi connectivity index (χ2n) is 10.1. The van der Waals surface area contributed by atoms with Crippen molar-refractivity contribution < 1.29 is 19.5 Å². The van der Waals surface area contributed by atoms with E-state index in [0.29, 0.717) is 34.5 Å². The molecule has 4 N–H and O–H groups in total. The number of hydrogen-bond donors (Lipinski definition) is 3. The molecule has 2 aliphatic heterocycles. The van der Waals surface area contributed by atoms with E-state index in [1.54, 1.807) is 0 Å². The highest BCUT2D eigenvalue weighted by Gasteiger charge is 2.65. The SMILES string of the molecule is CC12CCCC1C2CC(C(=O)N[C@@H]1C(=O)N2[C@@H]1SC(C)(C)[C@@H]2C(=O)O)c1csc(N)n1. The van der Waals surface area contributed by atoms with Gasteiger partial charge in [-0.2, -0.15) is 0 Å². The lowest BCUT2D eigenvalue weighted by Gasteiger charge is -2.44. The van der Waals surface area contributed by atoms with Crippen LogP contribution in [0, 0.1) is 17.3 Å². The third-order valence-corrected chi connectivity index (χ3v) is 10.2. The van der Waals surface area contributed by atoms with Crippen LogP contribution in [0.15, 0.2) is 5.38 Å². The molecule has 0 aromatic carbocycles. The number of thioether (sulfide) groups is 1. The number of carboxylic acid groups (broad SMARTS) is 1. The third-order valence-electron chi connectivity index (χ3n) is 7.98. The van der Waals surface area contributed by atoms with Gasteiger partial charge < -0.3 is 21.1 Å². The first-order valence-corrected chi connectivity index (χ1v) is 12.5. The number of amides is 2. The molecule has 1 aromatic heterocycles. The Hall–Kier alpha value is -1.81. The Kier molecular flexibility index (Phi) is 4.65. The predicted octanol–water partition coefficient (Wildman–Crippen LogP) is 2.27. The van der Waals surface area contributed by atoms with E-state index in [9.17, 15) is 19.5 Å². The lowest BCUT2D eigenvalue weighted by Crippen LogP contribution is -2.70. The first kappa shape index (κ1) is 21.1. The summed E-state index contributed by atoms with van der Waals surface area (Å²) in [6.45, 7) is 5.97. The Morgan fingerprint density at radius 3 is 2.74 bits per heavy atom. The van der Waals surface area contributed by atoms with E-state index in [-0.39, 0.29) is 17.2 Å². The van der Waals surface area contributed by atoms with Crippen molar-refractivity contribution in [3.63, 3.8) is 0 Å². The van der Waals surface area contributed by atoms with Crippen LogP contribution in [0.25, 0.3) is 0 Å². The molecule has 2 amide bonds. The minimum absolute atomic E-state index is 0.214. The normalized spacial score (nSPS) is 38.2. The van der Waals surface area contributed by atoms with Gasteiger partial charge >= 0.3 is 5.97 Å². The second-order valence-corrected chi connectivity index (χ2v) is 12.8. The molecule has 8 nitrogen and oxygen atoms in total. The fourth-order valence-corrected chi connectivity index (χ4v) is 8.52. The fraction of sp³-hybridized carbons (Fsp3) is 0.714. The summed E-state index contributed by atoms with van der Waals surface area (Å²) in [5, 5.41) is 14.4. The van der Waals surface area contributed by atoms with Gasteiger partial charge in [-0.3, -0.25) is 9.59 Å². The van der Waals surface area contributed by atoms with E-state index < -0.39 is 28.7 Å². The zero-order valence-electron chi connectivity index (χ0n) is 17.8. The fourth-order valence-electron chi connectivity index (χ4n) is 6.28. The van der Waals surface area contributed by atoms with Crippen LogP contribution < -0.4 is 11.1 Å². The van der Waals surface area contributed by atoms with Crippen molar-refractivity contribution in [2.75, 3.05) is 5.73 Å². The molecular formula is C21H28N4O4S2. The molecule has 168 valence electrons. The zero-order chi connectivity index (χ0) is 22.3. The molecule has 0 bridgehead atoms. The number of nitrogens with zero attached hydrogens (tertiary/aromatic N) is 2. The van der Waals surface area contributed by atoms with Crippen molar-refractivity contribution >= 4 is 46.0 Å². The van der Waals surface area contributed by atoms with Crippen LogP contribution >= 0.6 is 23.1 Å². The van der Waals surface area contributed by atoms with Gasteiger partial charge in [-0.05, 0) is 50.4 Å². The summed E-state index contributed by atoms with van der Waals surface area (Å²) >= 11 is 2.75. The van der Waals surface area contributed by atoms with Gasteiger partial charge in [0.2, 0.25) is 11.8 Å². The number of hydrogen-bond acceptors (Lipinski definition) is 7. The molecule has 4 fully saturated rings. The Morgan fingerprint density at radius 1 is 1.42 bits per heavy atom. The monoisotopic (exact) mass is 464 g/mol. The van der Waals surface area contributed by atoms with E-state index >= 15 is 0 Å². The standard InChI is InChI=1S/C21H28N4O4S2/c1-20(2)14(18(28)29)25-16(27)13(17(25)31-20)24-15(26)9(12-8-30-19(22)23-12)7-11-10-5-4-6-21(10,11)3/h8-11,13-14,17H,4-7H2,1-3H3,(H2,22,23)(H,24,26)(H,28,29)/t9?,10?,11?,13-,14+,17-,21?/m1/s1. The second kappa shape index (κ2) is 6.84. The Balaban J connectivity index is 1.33. The molecule has 10 heteroatoms. The minimum Gasteiger partial charge on any atom is -0.480 e. The van der Waals surface area contributed by atoms with Crippen molar-refractivity contribution in [1.29, 1.82) is 0 Å². The molecule has 7 atom stereocenters. The smallest absolute Gasteiger partial charge is 0.327 e. The Morgan fingerprint density at radius 2 is 2.16 bits per heavy atom. The third kappa shape index (κ3) is 3.08. The largest absolute Gasteiger partial charge is 0.480 e. The highest BCUT2D eigenvalue weighted by Crippen LogP contribution is 2.70. The van der Waals surface area contributed by atoms with Crippen LogP contribution in [0.2, 0.25) is 0 Å². The van der Waals surface area contributed by atoms with Crippen LogP contribution in [0.5, 0.6) is 0 Å². The first-order chi connectivity index (χ1) is 14.5. The number of carbonyl (C=O) groups is 3. The molecular weight excluding hydrogens is 436 g/mol. The number of carbonyl (C=O) groups excluding carboxylic acids is 2. The number of rotatable bonds is 6. The van der Waals surface area contributed by atoms with Gasteiger partial charge in [-0.1, -0.05) is 13.3 Å². The van der Waals surface area contributed by atoms with Gasteiger partial charge in [0.1, 0.15) is 17.5 Å². The summed E-state index contributed by atoms with van der Waals surface area (Å²) in [6, 6.07) is -1.59. The highest BCUT2D eigenvalue weighted by molar-refractivity contribution is 8.01. The summed E-state index contributed by atoms with van der Waals surface area (Å²) in [4.78, 5) is 43.7. The van der Waals surface area contributed by atoms with Crippen LogP contribution in [0.1, 0.15) is 58.1 Å². The van der Waals surface area contributed by atoms with E-state index in [0.717, 1.165) is 0 Å².